The molecule has 3 N–H and O–H groups in total. The van der Waals surface area contributed by atoms with Gasteiger partial charge < -0.3 is 11.1 Å². The summed E-state index contributed by atoms with van der Waals surface area (Å²) in [6.45, 7) is 0.894. The Morgan fingerprint density at radius 3 is 2.05 bits per heavy atom. The summed E-state index contributed by atoms with van der Waals surface area (Å²) in [5.41, 5.74) is 6.51. The molecule has 2 atom stereocenters. The van der Waals surface area contributed by atoms with Crippen molar-refractivity contribution in [1.82, 2.24) is 10.2 Å². The molecule has 1 fully saturated rings. The molecule has 4 rings (SSSR count). The fraction of sp³-hybridized carbons (Fsp3) is 0.355. The van der Waals surface area contributed by atoms with Crippen LogP contribution in [0.15, 0.2) is 84.9 Å². The second-order valence-corrected chi connectivity index (χ2v) is 10.4. The molecule has 0 aromatic heterocycles. The van der Waals surface area contributed by atoms with E-state index in [2.05, 4.69) is 10.2 Å². The quantitative estimate of drug-likeness (QED) is 0.322. The first-order valence-corrected chi connectivity index (χ1v) is 13.1. The van der Waals surface area contributed by atoms with Crippen molar-refractivity contribution in [3.8, 4) is 0 Å². The summed E-state index contributed by atoms with van der Waals surface area (Å²) in [5.74, 6) is -1.84. The summed E-state index contributed by atoms with van der Waals surface area (Å²) < 4.78 is 42.2. The zero-order chi connectivity index (χ0) is 28.0. The lowest BCUT2D eigenvalue weighted by molar-refractivity contribution is -0.194. The van der Waals surface area contributed by atoms with Gasteiger partial charge in [0.05, 0.1) is 5.41 Å². The predicted octanol–water partition coefficient (Wildman–Crippen LogP) is 5.46. The van der Waals surface area contributed by atoms with E-state index in [1.807, 2.05) is 49.5 Å². The van der Waals surface area contributed by atoms with E-state index >= 15 is 0 Å². The number of carbonyl (C=O) groups is 2. The van der Waals surface area contributed by atoms with Gasteiger partial charge in [0.15, 0.2) is 0 Å². The summed E-state index contributed by atoms with van der Waals surface area (Å²) in [4.78, 5) is 26.7. The van der Waals surface area contributed by atoms with Crippen molar-refractivity contribution in [2.45, 2.75) is 50.4 Å². The van der Waals surface area contributed by atoms with Crippen molar-refractivity contribution in [3.63, 3.8) is 0 Å². The van der Waals surface area contributed by atoms with Crippen LogP contribution < -0.4 is 11.1 Å². The Morgan fingerprint density at radius 2 is 1.51 bits per heavy atom. The number of carbonyl (C=O) groups excluding carboxylic acids is 2. The Kier molecular flexibility index (Phi) is 8.75. The van der Waals surface area contributed by atoms with E-state index in [0.717, 1.165) is 11.1 Å². The molecule has 1 aliphatic carbocycles. The highest BCUT2D eigenvalue weighted by atomic mass is 19.4. The van der Waals surface area contributed by atoms with Gasteiger partial charge in [0.1, 0.15) is 0 Å². The monoisotopic (exact) mass is 537 g/mol. The van der Waals surface area contributed by atoms with E-state index in [-0.39, 0.29) is 31.8 Å². The van der Waals surface area contributed by atoms with Gasteiger partial charge in [0.25, 0.3) is 0 Å². The number of benzene rings is 3. The van der Waals surface area contributed by atoms with Crippen LogP contribution in [-0.2, 0) is 17.8 Å². The second-order valence-electron chi connectivity index (χ2n) is 10.4. The van der Waals surface area contributed by atoms with Crippen molar-refractivity contribution in [3.05, 3.63) is 107 Å². The third kappa shape index (κ3) is 7.06. The van der Waals surface area contributed by atoms with Crippen LogP contribution in [0, 0.1) is 5.41 Å². The second kappa shape index (κ2) is 12.0. The van der Waals surface area contributed by atoms with Crippen molar-refractivity contribution in [2.75, 3.05) is 13.6 Å². The lowest BCUT2D eigenvalue weighted by Crippen LogP contribution is -2.44. The Bertz CT molecular complexity index is 1240. The number of primary amides is 1. The van der Waals surface area contributed by atoms with Gasteiger partial charge in [-0.05, 0) is 55.1 Å². The number of rotatable bonds is 12. The molecule has 0 bridgehead atoms. The van der Waals surface area contributed by atoms with Gasteiger partial charge in [-0.15, -0.1) is 0 Å². The molecule has 3 aromatic rings. The lowest BCUT2D eigenvalue weighted by atomic mass is 9.80. The molecule has 0 aliphatic heterocycles. The van der Waals surface area contributed by atoms with Crippen LogP contribution in [-0.4, -0.2) is 42.5 Å². The molecule has 206 valence electrons. The van der Waals surface area contributed by atoms with Gasteiger partial charge in [-0.3, -0.25) is 14.5 Å². The van der Waals surface area contributed by atoms with E-state index in [0.29, 0.717) is 24.1 Å². The van der Waals surface area contributed by atoms with Crippen molar-refractivity contribution < 1.29 is 22.8 Å². The smallest absolute Gasteiger partial charge is 0.366 e. The molecular formula is C31H34F3N3O2. The summed E-state index contributed by atoms with van der Waals surface area (Å²) in [7, 11) is 1.96. The number of alkyl halides is 3. The highest BCUT2D eigenvalue weighted by Crippen LogP contribution is 2.66. The van der Waals surface area contributed by atoms with Crippen LogP contribution in [0.4, 0.5) is 13.2 Å². The maximum Gasteiger partial charge on any atom is 0.395 e. The number of nitrogens with one attached hydrogen (secondary N) is 1. The summed E-state index contributed by atoms with van der Waals surface area (Å²) in [5, 5.41) is 2.93. The number of likely N-dealkylation sites (N-methyl/N-ethyl adjacent to an activating group) is 1. The highest BCUT2D eigenvalue weighted by molar-refractivity contribution is 5.92. The molecule has 2 amide bonds. The molecule has 0 heterocycles. The third-order valence-electron chi connectivity index (χ3n) is 7.75. The first-order chi connectivity index (χ1) is 18.6. The van der Waals surface area contributed by atoms with E-state index in [1.54, 1.807) is 42.5 Å². The van der Waals surface area contributed by atoms with Crippen LogP contribution in [0.2, 0.25) is 0 Å². The lowest BCUT2D eigenvalue weighted by Gasteiger charge is -2.31. The minimum atomic E-state index is -4.37. The Morgan fingerprint density at radius 1 is 0.923 bits per heavy atom. The standard InChI is InChI=1S/C31H34F3N3O2/c1-37(21-23-8-4-2-5-9-23)26(18-22-12-14-25(15-13-22)29(35)39)20-36-28(38)19-27(24-10-6-3-7-11-24)30(16-17-30)31(32,33)34/h2-15,26-27H,16-21H2,1H3,(H2,35,39)(H,36,38). The zero-order valence-electron chi connectivity index (χ0n) is 22.0. The maximum atomic E-state index is 14.1. The Balaban J connectivity index is 1.48. The molecule has 0 radical (unpaired) electrons. The van der Waals surface area contributed by atoms with Gasteiger partial charge in [-0.1, -0.05) is 72.8 Å². The van der Waals surface area contributed by atoms with Gasteiger partial charge in [-0.25, -0.2) is 0 Å². The van der Waals surface area contributed by atoms with Gasteiger partial charge in [-0.2, -0.15) is 13.2 Å². The topological polar surface area (TPSA) is 75.4 Å². The average molecular weight is 538 g/mol. The fourth-order valence-corrected chi connectivity index (χ4v) is 5.23. The Hall–Kier alpha value is -3.65. The van der Waals surface area contributed by atoms with Crippen molar-refractivity contribution >= 4 is 11.8 Å². The number of nitrogens with zero attached hydrogens (tertiary/aromatic N) is 1. The van der Waals surface area contributed by atoms with Gasteiger partial charge in [0.2, 0.25) is 11.8 Å². The number of amides is 2. The minimum Gasteiger partial charge on any atom is -0.366 e. The molecule has 1 aliphatic rings. The van der Waals surface area contributed by atoms with Crippen LogP contribution >= 0.6 is 0 Å². The van der Waals surface area contributed by atoms with Crippen LogP contribution in [0.3, 0.4) is 0 Å². The average Bonchev–Trinajstić information content (AvgIpc) is 3.73. The summed E-state index contributed by atoms with van der Waals surface area (Å²) in [6, 6.07) is 25.3. The largest absolute Gasteiger partial charge is 0.395 e. The normalized spacial score (nSPS) is 15.9. The first-order valence-electron chi connectivity index (χ1n) is 13.1. The first kappa shape index (κ1) is 28.4. The molecule has 2 unspecified atom stereocenters. The molecule has 0 saturated heterocycles. The van der Waals surface area contributed by atoms with E-state index in [4.69, 9.17) is 5.73 Å². The fourth-order valence-electron chi connectivity index (χ4n) is 5.23. The van der Waals surface area contributed by atoms with E-state index in [9.17, 15) is 22.8 Å². The Labute approximate surface area is 227 Å². The van der Waals surface area contributed by atoms with Crippen LogP contribution in [0.25, 0.3) is 0 Å². The van der Waals surface area contributed by atoms with Gasteiger partial charge in [0, 0.05) is 37.0 Å². The number of halogens is 3. The van der Waals surface area contributed by atoms with Gasteiger partial charge >= 0.3 is 6.18 Å². The zero-order valence-corrected chi connectivity index (χ0v) is 22.0. The molecule has 39 heavy (non-hydrogen) atoms. The third-order valence-corrected chi connectivity index (χ3v) is 7.75. The molecule has 5 nitrogen and oxygen atoms in total. The predicted molar refractivity (Wildman–Crippen MR) is 145 cm³/mol. The molecule has 1 saturated carbocycles. The van der Waals surface area contributed by atoms with Crippen LogP contribution in [0.1, 0.15) is 52.2 Å². The number of nitrogens with two attached hydrogens (primary N) is 1. The molecule has 3 aromatic carbocycles. The van der Waals surface area contributed by atoms with E-state index in [1.165, 1.54) is 0 Å². The number of hydrogen-bond donors (Lipinski definition) is 2. The molecule has 8 heteroatoms. The minimum absolute atomic E-state index is 0.0348. The highest BCUT2D eigenvalue weighted by Gasteiger charge is 2.67. The van der Waals surface area contributed by atoms with Crippen molar-refractivity contribution in [2.24, 2.45) is 11.1 Å². The van der Waals surface area contributed by atoms with Crippen LogP contribution in [0.5, 0.6) is 0 Å². The van der Waals surface area contributed by atoms with E-state index < -0.39 is 29.3 Å². The number of hydrogen-bond acceptors (Lipinski definition) is 3. The summed E-state index contributed by atoms with van der Waals surface area (Å²) >= 11 is 0. The summed E-state index contributed by atoms with van der Waals surface area (Å²) in [6.07, 6.45) is -3.97. The molecule has 0 spiro atoms. The maximum absolute atomic E-state index is 14.1. The van der Waals surface area contributed by atoms with Crippen molar-refractivity contribution in [1.29, 1.82) is 0 Å². The SMILES string of the molecule is CN(Cc1ccccc1)C(CNC(=O)CC(c1ccccc1)C1(C(F)(F)F)CC1)Cc1ccc(C(N)=O)cc1. The molecular weight excluding hydrogens is 503 g/mol.